The molecule has 2 aromatic rings. The van der Waals surface area contributed by atoms with Gasteiger partial charge in [-0.25, -0.2) is 14.2 Å². The van der Waals surface area contributed by atoms with Crippen molar-refractivity contribution >= 4 is 34.4 Å². The molecule has 3 unspecified atom stereocenters. The lowest BCUT2D eigenvalue weighted by Crippen LogP contribution is -2.57. The van der Waals surface area contributed by atoms with Crippen molar-refractivity contribution in [3.63, 3.8) is 0 Å². The first kappa shape index (κ1) is 25.8. The van der Waals surface area contributed by atoms with Gasteiger partial charge in [0.1, 0.15) is 23.0 Å². The quantitative estimate of drug-likeness (QED) is 0.506. The summed E-state index contributed by atoms with van der Waals surface area (Å²) >= 11 is 6.06. The third kappa shape index (κ3) is 4.33. The summed E-state index contributed by atoms with van der Waals surface area (Å²) in [6.07, 6.45) is 7.31. The van der Waals surface area contributed by atoms with Gasteiger partial charge in [-0.05, 0) is 79.3 Å². The average Bonchev–Trinajstić information content (AvgIpc) is 3.52. The van der Waals surface area contributed by atoms with Crippen LogP contribution in [0.15, 0.2) is 6.20 Å². The Morgan fingerprint density at radius 3 is 2.45 bits per heavy atom. The van der Waals surface area contributed by atoms with Gasteiger partial charge in [-0.1, -0.05) is 11.6 Å². The molecule has 0 N–H and O–H groups in total. The fourth-order valence-corrected chi connectivity index (χ4v) is 7.20. The number of hydrogen-bond acceptors (Lipinski definition) is 8. The lowest BCUT2D eigenvalue weighted by molar-refractivity contribution is 0.0122. The summed E-state index contributed by atoms with van der Waals surface area (Å²) in [7, 11) is 0. The Bertz CT molecular complexity index is 1230. The number of ether oxygens (including phenoxy) is 2. The molecular weight excluding hydrogens is 511 g/mol. The van der Waals surface area contributed by atoms with Crippen LogP contribution < -0.4 is 9.64 Å². The first-order valence-electron chi connectivity index (χ1n) is 13.8. The molecule has 6 rings (SSSR count). The SMILES string of the molecule is CC(Oc1nc(N2CC3CCC(C2)N3C(=O)OC(C)(C)C)c2cnc(Cl)c(F)c2n1)C12CCCN1CCC2. The van der Waals surface area contributed by atoms with Crippen LogP contribution in [0.4, 0.5) is 15.0 Å². The monoisotopic (exact) mass is 546 g/mol. The summed E-state index contributed by atoms with van der Waals surface area (Å²) in [6.45, 7) is 11.0. The highest BCUT2D eigenvalue weighted by molar-refractivity contribution is 6.30. The normalized spacial score (nSPS) is 25.6. The van der Waals surface area contributed by atoms with E-state index in [-0.39, 0.29) is 46.5 Å². The minimum Gasteiger partial charge on any atom is -0.458 e. The predicted octanol–water partition coefficient (Wildman–Crippen LogP) is 4.80. The zero-order valence-electron chi connectivity index (χ0n) is 22.5. The number of piperazine rings is 1. The summed E-state index contributed by atoms with van der Waals surface area (Å²) in [5.41, 5.74) is -0.480. The van der Waals surface area contributed by atoms with Gasteiger partial charge in [-0.2, -0.15) is 9.97 Å². The smallest absolute Gasteiger partial charge is 0.410 e. The number of amides is 1. The Morgan fingerprint density at radius 2 is 1.82 bits per heavy atom. The van der Waals surface area contributed by atoms with E-state index in [1.54, 1.807) is 0 Å². The van der Waals surface area contributed by atoms with E-state index >= 15 is 4.39 Å². The number of rotatable bonds is 4. The Morgan fingerprint density at radius 1 is 1.16 bits per heavy atom. The van der Waals surface area contributed by atoms with Crippen LogP contribution in [0.2, 0.25) is 5.15 Å². The van der Waals surface area contributed by atoms with Gasteiger partial charge in [0.25, 0.3) is 0 Å². The number of anilines is 1. The Hall–Kier alpha value is -2.46. The van der Waals surface area contributed by atoms with Gasteiger partial charge in [-0.15, -0.1) is 0 Å². The molecule has 4 fully saturated rings. The second-order valence-corrected chi connectivity index (χ2v) is 12.5. The molecule has 0 aromatic carbocycles. The molecule has 0 saturated carbocycles. The topological polar surface area (TPSA) is 83.9 Å². The van der Waals surface area contributed by atoms with Crippen molar-refractivity contribution in [2.45, 2.75) is 95.5 Å². The van der Waals surface area contributed by atoms with Crippen LogP contribution in [0.25, 0.3) is 10.9 Å². The summed E-state index contributed by atoms with van der Waals surface area (Å²) in [5, 5.41) is 0.255. The van der Waals surface area contributed by atoms with Crippen molar-refractivity contribution in [2.24, 2.45) is 0 Å². The Kier molecular flexibility index (Phi) is 6.33. The molecule has 6 heterocycles. The largest absolute Gasteiger partial charge is 0.458 e. The molecule has 9 nitrogen and oxygen atoms in total. The fourth-order valence-electron chi connectivity index (χ4n) is 7.06. The zero-order valence-corrected chi connectivity index (χ0v) is 23.3. The molecule has 4 aliphatic heterocycles. The van der Waals surface area contributed by atoms with Crippen LogP contribution in [0.5, 0.6) is 6.01 Å². The van der Waals surface area contributed by atoms with Gasteiger partial charge in [0.05, 0.1) is 23.0 Å². The molecule has 206 valence electrons. The molecule has 3 atom stereocenters. The third-order valence-corrected chi connectivity index (χ3v) is 8.99. The van der Waals surface area contributed by atoms with E-state index in [2.05, 4.69) is 26.7 Å². The first-order chi connectivity index (χ1) is 18.1. The van der Waals surface area contributed by atoms with Gasteiger partial charge in [0.2, 0.25) is 0 Å². The van der Waals surface area contributed by atoms with E-state index in [1.807, 2.05) is 25.7 Å². The van der Waals surface area contributed by atoms with Crippen molar-refractivity contribution in [2.75, 3.05) is 31.1 Å². The van der Waals surface area contributed by atoms with Gasteiger partial charge in [-0.3, -0.25) is 9.80 Å². The Labute approximate surface area is 227 Å². The maximum absolute atomic E-state index is 15.2. The standard InChI is InChI=1S/C27H36ClFN6O3/c1-16(27-9-5-11-34(27)12-6-10-27)37-24-31-21-19(13-30-22(28)20(21)29)23(32-24)33-14-17-7-8-18(15-33)35(17)25(36)38-26(2,3)4/h13,16-18H,5-12,14-15H2,1-4H3. The Balaban J connectivity index is 1.32. The van der Waals surface area contributed by atoms with E-state index in [0.717, 1.165) is 51.6 Å². The molecule has 2 aromatic heterocycles. The van der Waals surface area contributed by atoms with Gasteiger partial charge in [0.15, 0.2) is 11.0 Å². The number of halogens is 2. The molecular formula is C27H36ClFN6O3. The van der Waals surface area contributed by atoms with Crippen LogP contribution in [0.3, 0.4) is 0 Å². The van der Waals surface area contributed by atoms with Crippen molar-refractivity contribution < 1.29 is 18.7 Å². The van der Waals surface area contributed by atoms with Gasteiger partial charge < -0.3 is 14.4 Å². The van der Waals surface area contributed by atoms with E-state index in [9.17, 15) is 4.79 Å². The summed E-state index contributed by atoms with van der Waals surface area (Å²) < 4.78 is 27.3. The van der Waals surface area contributed by atoms with Crippen molar-refractivity contribution in [3.8, 4) is 6.01 Å². The molecule has 0 spiro atoms. The van der Waals surface area contributed by atoms with Gasteiger partial charge in [0, 0.05) is 19.3 Å². The molecule has 38 heavy (non-hydrogen) atoms. The van der Waals surface area contributed by atoms with Crippen molar-refractivity contribution in [3.05, 3.63) is 17.2 Å². The number of nitrogens with zero attached hydrogens (tertiary/aromatic N) is 6. The van der Waals surface area contributed by atoms with Crippen LogP contribution in [0, 0.1) is 5.82 Å². The van der Waals surface area contributed by atoms with E-state index in [4.69, 9.17) is 26.1 Å². The molecule has 2 bridgehead atoms. The molecule has 0 radical (unpaired) electrons. The fraction of sp³-hybridized carbons (Fsp3) is 0.704. The van der Waals surface area contributed by atoms with Crippen LogP contribution in [-0.2, 0) is 4.74 Å². The highest BCUT2D eigenvalue weighted by Crippen LogP contribution is 2.43. The molecule has 0 aliphatic carbocycles. The average molecular weight is 547 g/mol. The molecule has 11 heteroatoms. The molecule has 1 amide bonds. The highest BCUT2D eigenvalue weighted by atomic mass is 35.5. The van der Waals surface area contributed by atoms with Crippen LogP contribution in [-0.4, -0.2) is 86.4 Å². The number of hydrogen-bond donors (Lipinski definition) is 0. The lowest BCUT2D eigenvalue weighted by atomic mass is 9.88. The van der Waals surface area contributed by atoms with Gasteiger partial charge >= 0.3 is 12.1 Å². The number of aromatic nitrogens is 3. The molecule has 4 aliphatic rings. The maximum atomic E-state index is 15.2. The van der Waals surface area contributed by atoms with Crippen molar-refractivity contribution in [1.82, 2.24) is 24.8 Å². The summed E-state index contributed by atoms with van der Waals surface area (Å²) in [6, 6.07) is 0.106. The first-order valence-corrected chi connectivity index (χ1v) is 14.1. The summed E-state index contributed by atoms with van der Waals surface area (Å²) in [5.74, 6) is -0.115. The minimum atomic E-state index is -0.679. The number of carbonyl (C=O) groups is 1. The van der Waals surface area contributed by atoms with Crippen molar-refractivity contribution in [1.29, 1.82) is 0 Å². The van der Waals surface area contributed by atoms with E-state index < -0.39 is 11.4 Å². The number of fused-ring (bicyclic) bond motifs is 4. The second-order valence-electron chi connectivity index (χ2n) is 12.2. The third-order valence-electron chi connectivity index (χ3n) is 8.73. The van der Waals surface area contributed by atoms with Crippen LogP contribution >= 0.6 is 11.6 Å². The molecule has 4 saturated heterocycles. The highest BCUT2D eigenvalue weighted by Gasteiger charge is 2.50. The van der Waals surface area contributed by atoms with Crippen LogP contribution in [0.1, 0.15) is 66.2 Å². The predicted molar refractivity (Wildman–Crippen MR) is 142 cm³/mol. The zero-order chi connectivity index (χ0) is 26.8. The summed E-state index contributed by atoms with van der Waals surface area (Å²) in [4.78, 5) is 32.8. The number of carbonyl (C=O) groups excluding carboxylic acids is 1. The maximum Gasteiger partial charge on any atom is 0.410 e. The minimum absolute atomic E-state index is 0.0218. The van der Waals surface area contributed by atoms with E-state index in [1.165, 1.54) is 6.20 Å². The lowest BCUT2D eigenvalue weighted by Gasteiger charge is -2.42. The number of pyridine rings is 1. The van der Waals surface area contributed by atoms with E-state index in [0.29, 0.717) is 24.3 Å². The second kappa shape index (κ2) is 9.33.